The topological polar surface area (TPSA) is 41.3 Å². The van der Waals surface area contributed by atoms with Crippen LogP contribution in [-0.2, 0) is 20.0 Å². The Balaban J connectivity index is 2.23. The number of fused-ring (bicyclic) bond motifs is 1. The molecule has 1 aliphatic rings. The van der Waals surface area contributed by atoms with Crippen LogP contribution >= 0.6 is 0 Å². The molecule has 0 fully saturated rings. The maximum absolute atomic E-state index is 9.66. The minimum Gasteiger partial charge on any atom is -0.375 e. The van der Waals surface area contributed by atoms with E-state index >= 15 is 0 Å². The molecule has 1 aromatic rings. The monoisotopic (exact) mass is 207 g/mol. The van der Waals surface area contributed by atoms with E-state index in [1.54, 1.807) is 6.08 Å². The van der Waals surface area contributed by atoms with Gasteiger partial charge in [-0.05, 0) is 13.0 Å². The molecule has 2 heterocycles. The van der Waals surface area contributed by atoms with Gasteiger partial charge in [-0.3, -0.25) is 4.90 Å². The molecule has 1 aliphatic heterocycles. The van der Waals surface area contributed by atoms with Crippen molar-refractivity contribution in [3.05, 3.63) is 29.9 Å². The Morgan fingerprint density at radius 2 is 2.33 bits per heavy atom. The normalized spacial score (nSPS) is 18.6. The summed E-state index contributed by atoms with van der Waals surface area (Å²) in [6, 6.07) is 0. The molecule has 0 saturated heterocycles. The third kappa shape index (κ3) is 1.70. The van der Waals surface area contributed by atoms with Gasteiger partial charge in [-0.25, -0.2) is 4.98 Å². The molecule has 0 saturated carbocycles. The molecule has 0 amide bonds. The number of hydrogen-bond acceptors (Lipinski definition) is 3. The number of aliphatic hydroxyl groups excluding tert-OH is 1. The summed E-state index contributed by atoms with van der Waals surface area (Å²) in [4.78, 5) is 6.47. The zero-order chi connectivity index (χ0) is 11.0. The van der Waals surface area contributed by atoms with E-state index < -0.39 is 6.23 Å². The van der Waals surface area contributed by atoms with E-state index in [1.807, 2.05) is 18.9 Å². The number of aromatic nitrogens is 2. The SMILES string of the molecule is C=CC(O)N1CCc2c(nc(C)n2C)C1. The van der Waals surface area contributed by atoms with Crippen molar-refractivity contribution in [2.45, 2.75) is 26.1 Å². The first-order valence-electron chi connectivity index (χ1n) is 5.19. The number of rotatable bonds is 2. The minimum atomic E-state index is -0.555. The predicted molar refractivity (Wildman–Crippen MR) is 58.3 cm³/mol. The van der Waals surface area contributed by atoms with E-state index in [9.17, 15) is 5.11 Å². The number of imidazole rings is 1. The van der Waals surface area contributed by atoms with Gasteiger partial charge in [0.1, 0.15) is 12.1 Å². The van der Waals surface area contributed by atoms with Crippen molar-refractivity contribution in [1.82, 2.24) is 14.5 Å². The molecule has 0 radical (unpaired) electrons. The third-order valence-corrected chi connectivity index (χ3v) is 3.09. The molecular weight excluding hydrogens is 190 g/mol. The first-order valence-corrected chi connectivity index (χ1v) is 5.19. The molecule has 0 aromatic carbocycles. The van der Waals surface area contributed by atoms with Crippen molar-refractivity contribution < 1.29 is 5.11 Å². The first-order chi connectivity index (χ1) is 7.13. The molecule has 1 unspecified atom stereocenters. The van der Waals surface area contributed by atoms with Gasteiger partial charge in [0, 0.05) is 32.3 Å². The fourth-order valence-electron chi connectivity index (χ4n) is 2.06. The van der Waals surface area contributed by atoms with Gasteiger partial charge < -0.3 is 9.67 Å². The van der Waals surface area contributed by atoms with Crippen LogP contribution in [0.4, 0.5) is 0 Å². The van der Waals surface area contributed by atoms with Gasteiger partial charge in [-0.1, -0.05) is 6.58 Å². The van der Waals surface area contributed by atoms with Gasteiger partial charge in [-0.2, -0.15) is 0 Å². The summed E-state index contributed by atoms with van der Waals surface area (Å²) in [5.74, 6) is 1.04. The molecular formula is C11H17N3O. The highest BCUT2D eigenvalue weighted by Crippen LogP contribution is 2.20. The Morgan fingerprint density at radius 1 is 1.60 bits per heavy atom. The maximum atomic E-state index is 9.66. The first kappa shape index (κ1) is 10.4. The van der Waals surface area contributed by atoms with Crippen LogP contribution in [-0.4, -0.2) is 32.3 Å². The summed E-state index contributed by atoms with van der Waals surface area (Å²) < 4.78 is 2.13. The quantitative estimate of drug-likeness (QED) is 0.722. The highest BCUT2D eigenvalue weighted by atomic mass is 16.3. The number of aryl methyl sites for hydroxylation is 1. The molecule has 1 atom stereocenters. The van der Waals surface area contributed by atoms with Gasteiger partial charge >= 0.3 is 0 Å². The number of hydrogen-bond donors (Lipinski definition) is 1. The molecule has 82 valence electrons. The zero-order valence-corrected chi connectivity index (χ0v) is 9.27. The number of aliphatic hydroxyl groups is 1. The summed E-state index contributed by atoms with van der Waals surface area (Å²) in [6.07, 6.45) is 1.94. The van der Waals surface area contributed by atoms with Crippen LogP contribution in [0.15, 0.2) is 12.7 Å². The van der Waals surface area contributed by atoms with Gasteiger partial charge in [0.2, 0.25) is 0 Å². The van der Waals surface area contributed by atoms with Gasteiger partial charge in [0.15, 0.2) is 0 Å². The Kier molecular flexibility index (Phi) is 2.63. The van der Waals surface area contributed by atoms with Crippen LogP contribution in [0.3, 0.4) is 0 Å². The lowest BCUT2D eigenvalue weighted by molar-refractivity contribution is 0.0304. The smallest absolute Gasteiger partial charge is 0.126 e. The van der Waals surface area contributed by atoms with E-state index in [0.717, 1.165) is 24.5 Å². The Morgan fingerprint density at radius 3 is 3.00 bits per heavy atom. The molecule has 15 heavy (non-hydrogen) atoms. The van der Waals surface area contributed by atoms with Crippen molar-refractivity contribution in [2.24, 2.45) is 7.05 Å². The Hall–Kier alpha value is -1.13. The summed E-state index contributed by atoms with van der Waals surface area (Å²) in [5.41, 5.74) is 2.38. The van der Waals surface area contributed by atoms with Gasteiger partial charge in [0.05, 0.1) is 5.69 Å². The van der Waals surface area contributed by atoms with Crippen molar-refractivity contribution in [1.29, 1.82) is 0 Å². The summed E-state index contributed by atoms with van der Waals surface area (Å²) >= 11 is 0. The summed E-state index contributed by atoms with van der Waals surface area (Å²) in [6.45, 7) is 7.18. The second-order valence-corrected chi connectivity index (χ2v) is 3.98. The Labute approximate surface area is 89.8 Å². The third-order valence-electron chi connectivity index (χ3n) is 3.09. The van der Waals surface area contributed by atoms with Crippen molar-refractivity contribution >= 4 is 0 Å². The zero-order valence-electron chi connectivity index (χ0n) is 9.27. The van der Waals surface area contributed by atoms with Gasteiger partial charge in [0.25, 0.3) is 0 Å². The van der Waals surface area contributed by atoms with Crippen LogP contribution in [0.2, 0.25) is 0 Å². The second kappa shape index (κ2) is 3.79. The van der Waals surface area contributed by atoms with Crippen LogP contribution in [0.25, 0.3) is 0 Å². The van der Waals surface area contributed by atoms with Gasteiger partial charge in [-0.15, -0.1) is 0 Å². The van der Waals surface area contributed by atoms with E-state index in [4.69, 9.17) is 0 Å². The van der Waals surface area contributed by atoms with Crippen LogP contribution in [0.5, 0.6) is 0 Å². The van der Waals surface area contributed by atoms with Crippen molar-refractivity contribution in [2.75, 3.05) is 6.54 Å². The highest BCUT2D eigenvalue weighted by Gasteiger charge is 2.23. The molecule has 4 nitrogen and oxygen atoms in total. The molecule has 2 rings (SSSR count). The Bertz CT molecular complexity index is 383. The minimum absolute atomic E-state index is 0.555. The fourth-order valence-corrected chi connectivity index (χ4v) is 2.06. The highest BCUT2D eigenvalue weighted by molar-refractivity contribution is 5.19. The number of nitrogens with zero attached hydrogens (tertiary/aromatic N) is 3. The van der Waals surface area contributed by atoms with E-state index in [1.165, 1.54) is 5.69 Å². The average Bonchev–Trinajstić information content (AvgIpc) is 2.53. The molecule has 1 N–H and O–H groups in total. The molecule has 0 bridgehead atoms. The van der Waals surface area contributed by atoms with Crippen LogP contribution < -0.4 is 0 Å². The van der Waals surface area contributed by atoms with E-state index in [2.05, 4.69) is 16.1 Å². The second-order valence-electron chi connectivity index (χ2n) is 3.98. The summed E-state index contributed by atoms with van der Waals surface area (Å²) in [7, 11) is 2.04. The standard InChI is InChI=1S/C11H17N3O/c1-4-11(15)14-6-5-10-9(7-14)12-8(2)13(10)3/h4,11,15H,1,5-7H2,2-3H3. The van der Waals surface area contributed by atoms with E-state index in [0.29, 0.717) is 6.54 Å². The molecule has 1 aromatic heterocycles. The lowest BCUT2D eigenvalue weighted by Gasteiger charge is -2.29. The largest absolute Gasteiger partial charge is 0.375 e. The maximum Gasteiger partial charge on any atom is 0.126 e. The molecule has 0 aliphatic carbocycles. The fraction of sp³-hybridized carbons (Fsp3) is 0.545. The van der Waals surface area contributed by atoms with Crippen LogP contribution in [0, 0.1) is 6.92 Å². The van der Waals surface area contributed by atoms with Crippen molar-refractivity contribution in [3.8, 4) is 0 Å². The van der Waals surface area contributed by atoms with Crippen LogP contribution in [0.1, 0.15) is 17.2 Å². The average molecular weight is 207 g/mol. The predicted octanol–water partition coefficient (Wildman–Crippen LogP) is 0.591. The molecule has 4 heteroatoms. The van der Waals surface area contributed by atoms with Crippen molar-refractivity contribution in [3.63, 3.8) is 0 Å². The lowest BCUT2D eigenvalue weighted by atomic mass is 10.1. The lowest BCUT2D eigenvalue weighted by Crippen LogP contribution is -2.38. The summed E-state index contributed by atoms with van der Waals surface area (Å²) in [5, 5.41) is 9.66. The molecule has 0 spiro atoms. The van der Waals surface area contributed by atoms with E-state index in [-0.39, 0.29) is 0 Å².